The molecule has 2 aliphatic heterocycles. The molecule has 8 heteroatoms. The summed E-state index contributed by atoms with van der Waals surface area (Å²) in [6.45, 7) is 1.52. The zero-order chi connectivity index (χ0) is 16.0. The summed E-state index contributed by atoms with van der Waals surface area (Å²) in [6, 6.07) is 4.06. The molecule has 1 fully saturated rings. The average Bonchev–Trinajstić information content (AvgIpc) is 3.05. The van der Waals surface area contributed by atoms with Gasteiger partial charge in [0.15, 0.2) is 0 Å². The maximum Gasteiger partial charge on any atom is 0.254 e. The minimum absolute atomic E-state index is 0.00759. The molecule has 0 spiro atoms. The molecule has 23 heavy (non-hydrogen) atoms. The molecule has 1 saturated heterocycles. The molecule has 0 N–H and O–H groups in total. The molecule has 1 aromatic carbocycles. The standard InChI is InChI=1S/C15H14ClFN4O2/c16-11-2-1-9(5-12(11)17)15(22)20-4-3-14-13(7-20)21-10(8-23-14)6-18-19-21/h1-2,5-6,13-14H,3-4,7-8H2. The van der Waals surface area contributed by atoms with Gasteiger partial charge in [-0.3, -0.25) is 4.79 Å². The third-order valence-corrected chi connectivity index (χ3v) is 4.69. The minimum atomic E-state index is -0.591. The van der Waals surface area contributed by atoms with E-state index < -0.39 is 5.82 Å². The van der Waals surface area contributed by atoms with Crippen LogP contribution in [-0.4, -0.2) is 45.0 Å². The van der Waals surface area contributed by atoms with E-state index in [9.17, 15) is 9.18 Å². The molecule has 1 aromatic heterocycles. The highest BCUT2D eigenvalue weighted by Gasteiger charge is 2.38. The lowest BCUT2D eigenvalue weighted by Gasteiger charge is -2.41. The van der Waals surface area contributed by atoms with E-state index in [2.05, 4.69) is 10.3 Å². The fraction of sp³-hybridized carbons (Fsp3) is 0.400. The van der Waals surface area contributed by atoms with Crippen molar-refractivity contribution in [2.75, 3.05) is 13.1 Å². The summed E-state index contributed by atoms with van der Waals surface area (Å²) in [5, 5.41) is 8.02. The number of ether oxygens (including phenoxy) is 1. The van der Waals surface area contributed by atoms with Crippen molar-refractivity contribution in [1.82, 2.24) is 19.9 Å². The van der Waals surface area contributed by atoms with Gasteiger partial charge in [-0.1, -0.05) is 16.8 Å². The largest absolute Gasteiger partial charge is 0.370 e. The van der Waals surface area contributed by atoms with Crippen molar-refractivity contribution in [2.24, 2.45) is 0 Å². The summed E-state index contributed by atoms with van der Waals surface area (Å²) in [7, 11) is 0. The van der Waals surface area contributed by atoms with Gasteiger partial charge in [0.2, 0.25) is 0 Å². The SMILES string of the molecule is O=C(c1ccc(Cl)c(F)c1)N1CCC2OCc3cnnn3C2C1. The number of likely N-dealkylation sites (tertiary alicyclic amines) is 1. The lowest BCUT2D eigenvalue weighted by molar-refractivity contribution is -0.0605. The van der Waals surface area contributed by atoms with Crippen molar-refractivity contribution in [1.29, 1.82) is 0 Å². The molecule has 3 heterocycles. The lowest BCUT2D eigenvalue weighted by atomic mass is 9.99. The third-order valence-electron chi connectivity index (χ3n) is 4.38. The number of hydrogen-bond donors (Lipinski definition) is 0. The van der Waals surface area contributed by atoms with Crippen LogP contribution in [0.4, 0.5) is 4.39 Å². The minimum Gasteiger partial charge on any atom is -0.370 e. The molecule has 0 saturated carbocycles. The van der Waals surface area contributed by atoms with E-state index in [0.717, 1.165) is 5.69 Å². The van der Waals surface area contributed by atoms with Crippen LogP contribution in [0.15, 0.2) is 24.4 Å². The zero-order valence-electron chi connectivity index (χ0n) is 12.2. The molecule has 2 aromatic rings. The summed E-state index contributed by atoms with van der Waals surface area (Å²) >= 11 is 5.67. The van der Waals surface area contributed by atoms with Crippen LogP contribution in [0.2, 0.25) is 5.02 Å². The Morgan fingerprint density at radius 3 is 3.13 bits per heavy atom. The molecular formula is C15H14ClFN4O2. The topological polar surface area (TPSA) is 60.3 Å². The van der Waals surface area contributed by atoms with Crippen molar-refractivity contribution < 1.29 is 13.9 Å². The summed E-state index contributed by atoms with van der Waals surface area (Å²) in [4.78, 5) is 14.3. The molecule has 2 unspecified atom stereocenters. The highest BCUT2D eigenvalue weighted by Crippen LogP contribution is 2.30. The van der Waals surface area contributed by atoms with Crippen LogP contribution in [-0.2, 0) is 11.3 Å². The summed E-state index contributed by atoms with van der Waals surface area (Å²) in [6.07, 6.45) is 2.41. The van der Waals surface area contributed by atoms with Crippen LogP contribution >= 0.6 is 11.6 Å². The predicted octanol–water partition coefficient (Wildman–Crippen LogP) is 2.06. The molecule has 2 aliphatic rings. The number of carbonyl (C=O) groups excluding carboxylic acids is 1. The van der Waals surface area contributed by atoms with Crippen molar-refractivity contribution in [3.8, 4) is 0 Å². The highest BCUT2D eigenvalue weighted by atomic mass is 35.5. The van der Waals surface area contributed by atoms with Crippen LogP contribution in [0.3, 0.4) is 0 Å². The molecule has 6 nitrogen and oxygen atoms in total. The van der Waals surface area contributed by atoms with Gasteiger partial charge in [0, 0.05) is 18.7 Å². The number of amides is 1. The van der Waals surface area contributed by atoms with Gasteiger partial charge >= 0.3 is 0 Å². The van der Waals surface area contributed by atoms with Gasteiger partial charge < -0.3 is 9.64 Å². The van der Waals surface area contributed by atoms with Crippen molar-refractivity contribution in [3.63, 3.8) is 0 Å². The molecular weight excluding hydrogens is 323 g/mol. The van der Waals surface area contributed by atoms with E-state index >= 15 is 0 Å². The van der Waals surface area contributed by atoms with Crippen LogP contribution in [0.1, 0.15) is 28.5 Å². The predicted molar refractivity (Wildman–Crippen MR) is 79.6 cm³/mol. The fourth-order valence-electron chi connectivity index (χ4n) is 3.18. The Morgan fingerprint density at radius 2 is 2.30 bits per heavy atom. The first kappa shape index (κ1) is 14.6. The first-order valence-corrected chi connectivity index (χ1v) is 7.76. The molecule has 1 amide bonds. The average molecular weight is 337 g/mol. The number of benzene rings is 1. The molecule has 2 atom stereocenters. The highest BCUT2D eigenvalue weighted by molar-refractivity contribution is 6.30. The van der Waals surface area contributed by atoms with Crippen molar-refractivity contribution >= 4 is 17.5 Å². The molecule has 120 valence electrons. The monoisotopic (exact) mass is 336 g/mol. The number of piperidine rings is 1. The third kappa shape index (κ3) is 2.49. The number of carbonyl (C=O) groups is 1. The zero-order valence-corrected chi connectivity index (χ0v) is 12.9. The Bertz CT molecular complexity index is 766. The second-order valence-electron chi connectivity index (χ2n) is 5.76. The Morgan fingerprint density at radius 1 is 1.43 bits per heavy atom. The van der Waals surface area contributed by atoms with Crippen LogP contribution in [0.25, 0.3) is 0 Å². The molecule has 0 bridgehead atoms. The van der Waals surface area contributed by atoms with E-state index in [1.165, 1.54) is 18.2 Å². The fourth-order valence-corrected chi connectivity index (χ4v) is 3.29. The van der Waals surface area contributed by atoms with Crippen LogP contribution in [0, 0.1) is 5.82 Å². The Balaban J connectivity index is 1.57. The Hall–Kier alpha value is -1.99. The smallest absolute Gasteiger partial charge is 0.254 e. The summed E-state index contributed by atoms with van der Waals surface area (Å²) in [5.41, 5.74) is 1.19. The summed E-state index contributed by atoms with van der Waals surface area (Å²) in [5.74, 6) is -0.807. The normalized spacial score (nSPS) is 23.3. The van der Waals surface area contributed by atoms with E-state index in [4.69, 9.17) is 16.3 Å². The van der Waals surface area contributed by atoms with Gasteiger partial charge in [-0.05, 0) is 24.6 Å². The molecule has 4 rings (SSSR count). The van der Waals surface area contributed by atoms with E-state index in [1.807, 2.05) is 4.68 Å². The quantitative estimate of drug-likeness (QED) is 0.799. The number of fused-ring (bicyclic) bond motifs is 3. The van der Waals surface area contributed by atoms with E-state index in [1.54, 1.807) is 11.1 Å². The van der Waals surface area contributed by atoms with Gasteiger partial charge in [0.05, 0.1) is 35.7 Å². The van der Waals surface area contributed by atoms with Gasteiger partial charge in [-0.15, -0.1) is 5.10 Å². The van der Waals surface area contributed by atoms with Crippen LogP contribution < -0.4 is 0 Å². The molecule has 0 radical (unpaired) electrons. The van der Waals surface area contributed by atoms with Gasteiger partial charge in [0.1, 0.15) is 5.82 Å². The number of halogens is 2. The molecule has 0 aliphatic carbocycles. The number of hydrogen-bond acceptors (Lipinski definition) is 4. The number of rotatable bonds is 1. The summed E-state index contributed by atoms with van der Waals surface area (Å²) < 4.78 is 21.2. The Labute approximate surface area is 136 Å². The van der Waals surface area contributed by atoms with E-state index in [0.29, 0.717) is 31.7 Å². The first-order chi connectivity index (χ1) is 11.1. The van der Waals surface area contributed by atoms with Crippen molar-refractivity contribution in [3.05, 3.63) is 46.5 Å². The Kier molecular flexibility index (Phi) is 3.54. The van der Waals surface area contributed by atoms with Gasteiger partial charge in [-0.25, -0.2) is 9.07 Å². The van der Waals surface area contributed by atoms with E-state index in [-0.39, 0.29) is 23.1 Å². The number of nitrogens with zero attached hydrogens (tertiary/aromatic N) is 4. The lowest BCUT2D eigenvalue weighted by Crippen LogP contribution is -2.49. The van der Waals surface area contributed by atoms with Crippen molar-refractivity contribution in [2.45, 2.75) is 25.2 Å². The maximum atomic E-state index is 13.6. The van der Waals surface area contributed by atoms with Gasteiger partial charge in [0.25, 0.3) is 5.91 Å². The second-order valence-corrected chi connectivity index (χ2v) is 6.16. The van der Waals surface area contributed by atoms with Gasteiger partial charge in [-0.2, -0.15) is 0 Å². The maximum absolute atomic E-state index is 13.6. The van der Waals surface area contributed by atoms with Crippen LogP contribution in [0.5, 0.6) is 0 Å². The first-order valence-electron chi connectivity index (χ1n) is 7.38. The number of aromatic nitrogens is 3. The second kappa shape index (κ2) is 5.58.